The molecule has 0 heterocycles. The van der Waals surface area contributed by atoms with E-state index in [0.29, 0.717) is 5.78 Å². The van der Waals surface area contributed by atoms with Gasteiger partial charge in [0, 0.05) is 5.92 Å². The summed E-state index contributed by atoms with van der Waals surface area (Å²) in [6.45, 7) is 4.01. The smallest absolute Gasteiger partial charge is 0.145 e. The molecule has 0 spiro atoms. The van der Waals surface area contributed by atoms with E-state index in [0.717, 1.165) is 12.8 Å². The van der Waals surface area contributed by atoms with E-state index in [1.807, 2.05) is 19.9 Å². The average molecular weight is 238 g/mol. The van der Waals surface area contributed by atoms with E-state index in [-0.39, 0.29) is 11.3 Å². The maximum atomic E-state index is 12.4. The number of Topliss-reactive ketones (excluding diaryl/α,β-unsaturated/α-hetero) is 1. The third-order valence-corrected chi connectivity index (χ3v) is 4.05. The Bertz CT molecular complexity index is 606. The van der Waals surface area contributed by atoms with Crippen LogP contribution >= 0.6 is 0 Å². The van der Waals surface area contributed by atoms with Crippen LogP contribution in [0.25, 0.3) is 10.8 Å². The Labute approximate surface area is 108 Å². The lowest BCUT2D eigenvalue weighted by Gasteiger charge is -2.17. The molecule has 18 heavy (non-hydrogen) atoms. The van der Waals surface area contributed by atoms with E-state index < -0.39 is 0 Å². The molecule has 1 heteroatoms. The van der Waals surface area contributed by atoms with Crippen molar-refractivity contribution in [3.63, 3.8) is 0 Å². The van der Waals surface area contributed by atoms with Gasteiger partial charge < -0.3 is 0 Å². The molecule has 3 rings (SSSR count). The van der Waals surface area contributed by atoms with E-state index in [1.165, 1.54) is 16.3 Å². The molecule has 1 nitrogen and oxygen atoms in total. The first-order valence-electron chi connectivity index (χ1n) is 6.67. The van der Waals surface area contributed by atoms with Crippen LogP contribution in [0.15, 0.2) is 42.5 Å². The van der Waals surface area contributed by atoms with Crippen molar-refractivity contribution in [3.05, 3.63) is 48.0 Å². The Hall–Kier alpha value is -1.63. The molecule has 1 aliphatic rings. The van der Waals surface area contributed by atoms with Gasteiger partial charge in [0.2, 0.25) is 0 Å². The van der Waals surface area contributed by atoms with Gasteiger partial charge in [-0.1, -0.05) is 56.3 Å². The highest BCUT2D eigenvalue weighted by molar-refractivity contribution is 5.96. The second kappa shape index (κ2) is 3.94. The van der Waals surface area contributed by atoms with Gasteiger partial charge in [0.1, 0.15) is 5.78 Å². The number of carbonyl (C=O) groups excluding carboxylic acids is 1. The molecular formula is C17H18O. The molecule has 0 radical (unpaired) electrons. The molecule has 1 saturated carbocycles. The fourth-order valence-corrected chi connectivity index (χ4v) is 2.84. The highest BCUT2D eigenvalue weighted by atomic mass is 16.1. The molecule has 0 aromatic heterocycles. The zero-order chi connectivity index (χ0) is 12.8. The standard InChI is InChI=1S/C17H18O/c1-12(2)16(18)17(9-10-17)15-8-7-13-5-3-4-6-14(13)11-15/h3-8,11-12H,9-10H2,1-2H3. The van der Waals surface area contributed by atoms with E-state index in [2.05, 4.69) is 36.4 Å². The van der Waals surface area contributed by atoms with Crippen molar-refractivity contribution < 1.29 is 4.79 Å². The lowest BCUT2D eigenvalue weighted by Crippen LogP contribution is -2.25. The van der Waals surface area contributed by atoms with Gasteiger partial charge in [-0.15, -0.1) is 0 Å². The van der Waals surface area contributed by atoms with Crippen LogP contribution in [0.1, 0.15) is 32.3 Å². The van der Waals surface area contributed by atoms with Gasteiger partial charge in [-0.25, -0.2) is 0 Å². The largest absolute Gasteiger partial charge is 0.298 e. The summed E-state index contributed by atoms with van der Waals surface area (Å²) >= 11 is 0. The maximum absolute atomic E-state index is 12.4. The van der Waals surface area contributed by atoms with Crippen LogP contribution in [-0.2, 0) is 10.2 Å². The zero-order valence-corrected chi connectivity index (χ0v) is 10.9. The first-order valence-corrected chi connectivity index (χ1v) is 6.67. The molecule has 2 aromatic rings. The molecule has 92 valence electrons. The lowest BCUT2D eigenvalue weighted by atomic mass is 9.85. The number of rotatable bonds is 3. The molecule has 1 fully saturated rings. The van der Waals surface area contributed by atoms with Crippen LogP contribution in [0.4, 0.5) is 0 Å². The Morgan fingerprint density at radius 3 is 2.33 bits per heavy atom. The van der Waals surface area contributed by atoms with Crippen LogP contribution in [0.3, 0.4) is 0 Å². The number of hydrogen-bond acceptors (Lipinski definition) is 1. The maximum Gasteiger partial charge on any atom is 0.145 e. The minimum absolute atomic E-state index is 0.124. The Morgan fingerprint density at radius 2 is 1.72 bits per heavy atom. The summed E-state index contributed by atoms with van der Waals surface area (Å²) in [4.78, 5) is 12.4. The van der Waals surface area contributed by atoms with Crippen LogP contribution in [0.2, 0.25) is 0 Å². The van der Waals surface area contributed by atoms with E-state index in [4.69, 9.17) is 0 Å². The first-order chi connectivity index (χ1) is 8.63. The summed E-state index contributed by atoms with van der Waals surface area (Å²) in [6.07, 6.45) is 2.03. The van der Waals surface area contributed by atoms with Crippen molar-refractivity contribution in [2.24, 2.45) is 5.92 Å². The number of ketones is 1. The van der Waals surface area contributed by atoms with E-state index in [9.17, 15) is 4.79 Å². The van der Waals surface area contributed by atoms with Crippen molar-refractivity contribution in [2.75, 3.05) is 0 Å². The molecule has 0 unspecified atom stereocenters. The first kappa shape index (κ1) is 11.5. The third-order valence-electron chi connectivity index (χ3n) is 4.05. The Balaban J connectivity index is 2.07. The minimum Gasteiger partial charge on any atom is -0.298 e. The van der Waals surface area contributed by atoms with Crippen molar-refractivity contribution >= 4 is 16.6 Å². The van der Waals surface area contributed by atoms with Gasteiger partial charge in [0.05, 0.1) is 5.41 Å². The minimum atomic E-state index is -0.168. The molecule has 0 saturated heterocycles. The lowest BCUT2D eigenvalue weighted by molar-refractivity contribution is -0.124. The highest BCUT2D eigenvalue weighted by Crippen LogP contribution is 2.50. The van der Waals surface area contributed by atoms with Crippen LogP contribution in [0, 0.1) is 5.92 Å². The fraction of sp³-hybridized carbons (Fsp3) is 0.353. The summed E-state index contributed by atoms with van der Waals surface area (Å²) in [5.41, 5.74) is 1.04. The Kier molecular flexibility index (Phi) is 2.51. The summed E-state index contributed by atoms with van der Waals surface area (Å²) in [6, 6.07) is 14.8. The van der Waals surface area contributed by atoms with E-state index >= 15 is 0 Å². The van der Waals surface area contributed by atoms with Crippen LogP contribution in [0.5, 0.6) is 0 Å². The molecule has 0 N–H and O–H groups in total. The zero-order valence-electron chi connectivity index (χ0n) is 10.9. The van der Waals surface area contributed by atoms with Crippen molar-refractivity contribution in [1.29, 1.82) is 0 Å². The Morgan fingerprint density at radius 1 is 1.06 bits per heavy atom. The second-order valence-electron chi connectivity index (χ2n) is 5.66. The highest BCUT2D eigenvalue weighted by Gasteiger charge is 2.51. The molecular weight excluding hydrogens is 220 g/mol. The van der Waals surface area contributed by atoms with Crippen molar-refractivity contribution in [2.45, 2.75) is 32.1 Å². The summed E-state index contributed by atoms with van der Waals surface area (Å²) in [5, 5.41) is 2.48. The monoisotopic (exact) mass is 238 g/mol. The molecule has 0 aliphatic heterocycles. The molecule has 0 atom stereocenters. The second-order valence-corrected chi connectivity index (χ2v) is 5.66. The van der Waals surface area contributed by atoms with E-state index in [1.54, 1.807) is 0 Å². The normalized spacial score (nSPS) is 17.1. The van der Waals surface area contributed by atoms with Crippen LogP contribution in [-0.4, -0.2) is 5.78 Å². The SMILES string of the molecule is CC(C)C(=O)C1(c2ccc3ccccc3c2)CC1. The predicted molar refractivity (Wildman–Crippen MR) is 74.7 cm³/mol. The van der Waals surface area contributed by atoms with Gasteiger partial charge in [0.15, 0.2) is 0 Å². The van der Waals surface area contributed by atoms with Crippen molar-refractivity contribution in [1.82, 2.24) is 0 Å². The predicted octanol–water partition coefficient (Wildman–Crippen LogP) is 4.10. The summed E-state index contributed by atoms with van der Waals surface area (Å²) < 4.78 is 0. The quantitative estimate of drug-likeness (QED) is 0.787. The molecule has 1 aliphatic carbocycles. The van der Waals surface area contributed by atoms with Gasteiger partial charge >= 0.3 is 0 Å². The number of fused-ring (bicyclic) bond motifs is 1. The van der Waals surface area contributed by atoms with Gasteiger partial charge in [0.25, 0.3) is 0 Å². The topological polar surface area (TPSA) is 17.1 Å². The van der Waals surface area contributed by atoms with Crippen molar-refractivity contribution in [3.8, 4) is 0 Å². The van der Waals surface area contributed by atoms with Gasteiger partial charge in [-0.3, -0.25) is 4.79 Å². The number of hydrogen-bond donors (Lipinski definition) is 0. The molecule has 2 aromatic carbocycles. The number of carbonyl (C=O) groups is 1. The summed E-state index contributed by atoms with van der Waals surface area (Å²) in [5.74, 6) is 0.525. The average Bonchev–Trinajstić information content (AvgIpc) is 3.18. The molecule has 0 amide bonds. The third kappa shape index (κ3) is 1.66. The number of benzene rings is 2. The van der Waals surface area contributed by atoms with Crippen LogP contribution < -0.4 is 0 Å². The molecule has 0 bridgehead atoms. The van der Waals surface area contributed by atoms with Gasteiger partial charge in [-0.2, -0.15) is 0 Å². The summed E-state index contributed by atoms with van der Waals surface area (Å²) in [7, 11) is 0. The fourth-order valence-electron chi connectivity index (χ4n) is 2.84. The van der Waals surface area contributed by atoms with Gasteiger partial charge in [-0.05, 0) is 29.2 Å².